The van der Waals surface area contributed by atoms with Gasteiger partial charge in [0, 0.05) is 25.1 Å². The highest BCUT2D eigenvalue weighted by molar-refractivity contribution is 7.71. The second kappa shape index (κ2) is 6.94. The van der Waals surface area contributed by atoms with Gasteiger partial charge in [0.25, 0.3) is 5.91 Å². The lowest BCUT2D eigenvalue weighted by molar-refractivity contribution is 0.0954. The van der Waals surface area contributed by atoms with Crippen LogP contribution in [0.15, 0.2) is 36.9 Å². The normalized spacial score (nSPS) is 10.3. The van der Waals surface area contributed by atoms with Gasteiger partial charge >= 0.3 is 0 Å². The summed E-state index contributed by atoms with van der Waals surface area (Å²) in [4.78, 5) is 11.9. The first-order chi connectivity index (χ1) is 10.1. The number of hydrogen-bond acceptors (Lipinski definition) is 3. The van der Waals surface area contributed by atoms with Crippen molar-refractivity contribution in [2.45, 2.75) is 13.0 Å². The number of halogens is 1. The lowest BCUT2D eigenvalue weighted by Gasteiger charge is -2.06. The average Bonchev–Trinajstić information content (AvgIpc) is 2.81. The Morgan fingerprint density at radius 1 is 1.48 bits per heavy atom. The van der Waals surface area contributed by atoms with Gasteiger partial charge in [-0.25, -0.2) is 4.39 Å². The molecule has 0 fully saturated rings. The van der Waals surface area contributed by atoms with Crippen molar-refractivity contribution in [1.82, 2.24) is 20.1 Å². The Hall–Kier alpha value is -2.28. The fourth-order valence-corrected chi connectivity index (χ4v) is 2.08. The second-order valence-electron chi connectivity index (χ2n) is 4.36. The Morgan fingerprint density at radius 3 is 2.86 bits per heavy atom. The van der Waals surface area contributed by atoms with E-state index < -0.39 is 0 Å². The number of carbonyl (C=O) groups is 1. The van der Waals surface area contributed by atoms with E-state index in [1.165, 1.54) is 24.3 Å². The quantitative estimate of drug-likeness (QED) is 0.635. The van der Waals surface area contributed by atoms with Crippen LogP contribution in [0.1, 0.15) is 16.2 Å². The number of rotatable bonds is 6. The van der Waals surface area contributed by atoms with Gasteiger partial charge < -0.3 is 9.88 Å². The largest absolute Gasteiger partial charge is 0.352 e. The Balaban J connectivity index is 1.92. The monoisotopic (exact) mass is 306 g/mol. The average molecular weight is 306 g/mol. The van der Waals surface area contributed by atoms with Crippen molar-refractivity contribution in [3.8, 4) is 0 Å². The molecule has 0 spiro atoms. The van der Waals surface area contributed by atoms with Crippen LogP contribution in [-0.4, -0.2) is 27.2 Å². The first-order valence-corrected chi connectivity index (χ1v) is 6.81. The molecule has 5 nitrogen and oxygen atoms in total. The van der Waals surface area contributed by atoms with Crippen LogP contribution in [-0.2, 0) is 13.0 Å². The van der Waals surface area contributed by atoms with Crippen LogP contribution in [0.3, 0.4) is 0 Å². The fourth-order valence-electron chi connectivity index (χ4n) is 1.85. The molecule has 0 radical (unpaired) electrons. The number of aromatic amines is 1. The van der Waals surface area contributed by atoms with Gasteiger partial charge in [0.15, 0.2) is 4.77 Å². The van der Waals surface area contributed by atoms with Gasteiger partial charge in [-0.2, -0.15) is 5.10 Å². The SMILES string of the molecule is C=CCn1c(CCNC(=O)c2ccc(F)cc2)n[nH]c1=S. The Morgan fingerprint density at radius 2 is 2.19 bits per heavy atom. The van der Waals surface area contributed by atoms with Gasteiger partial charge in [0.1, 0.15) is 11.6 Å². The highest BCUT2D eigenvalue weighted by Gasteiger charge is 2.07. The summed E-state index contributed by atoms with van der Waals surface area (Å²) >= 11 is 5.10. The van der Waals surface area contributed by atoms with E-state index in [-0.39, 0.29) is 11.7 Å². The standard InChI is InChI=1S/C14H15FN4OS/c1-2-9-19-12(17-18-14(19)21)7-8-16-13(20)10-3-5-11(15)6-4-10/h2-6H,1,7-9H2,(H,16,20)(H,18,21). The molecule has 1 aromatic heterocycles. The molecule has 0 bridgehead atoms. The molecule has 21 heavy (non-hydrogen) atoms. The van der Waals surface area contributed by atoms with E-state index in [1.54, 1.807) is 6.08 Å². The molecule has 0 aliphatic carbocycles. The summed E-state index contributed by atoms with van der Waals surface area (Å²) in [6.45, 7) is 4.64. The molecule has 1 amide bonds. The minimum atomic E-state index is -0.369. The molecule has 0 aliphatic heterocycles. The highest BCUT2D eigenvalue weighted by Crippen LogP contribution is 2.03. The third-order valence-electron chi connectivity index (χ3n) is 2.89. The third-order valence-corrected chi connectivity index (χ3v) is 3.20. The molecule has 2 rings (SSSR count). The van der Waals surface area contributed by atoms with Crippen molar-refractivity contribution in [3.05, 3.63) is 58.9 Å². The van der Waals surface area contributed by atoms with Gasteiger partial charge in [0.05, 0.1) is 0 Å². The summed E-state index contributed by atoms with van der Waals surface area (Å²) in [5, 5.41) is 9.58. The number of allylic oxidation sites excluding steroid dienone is 1. The molecular formula is C14H15FN4OS. The van der Waals surface area contributed by atoms with Crippen molar-refractivity contribution in [3.63, 3.8) is 0 Å². The highest BCUT2D eigenvalue weighted by atomic mass is 32.1. The minimum Gasteiger partial charge on any atom is -0.352 e. The van der Waals surface area contributed by atoms with Gasteiger partial charge in [-0.05, 0) is 36.5 Å². The summed E-state index contributed by atoms with van der Waals surface area (Å²) < 4.78 is 15.1. The smallest absolute Gasteiger partial charge is 0.251 e. The van der Waals surface area contributed by atoms with E-state index in [9.17, 15) is 9.18 Å². The second-order valence-corrected chi connectivity index (χ2v) is 4.74. The lowest BCUT2D eigenvalue weighted by Crippen LogP contribution is -2.26. The number of hydrogen-bond donors (Lipinski definition) is 2. The van der Waals surface area contributed by atoms with Crippen LogP contribution < -0.4 is 5.32 Å². The molecule has 0 atom stereocenters. The van der Waals surface area contributed by atoms with Crippen molar-refractivity contribution in [2.75, 3.05) is 6.54 Å². The maximum absolute atomic E-state index is 12.8. The summed E-state index contributed by atoms with van der Waals surface area (Å²) in [5.41, 5.74) is 0.418. The van der Waals surface area contributed by atoms with Crippen molar-refractivity contribution in [1.29, 1.82) is 0 Å². The van der Waals surface area contributed by atoms with Gasteiger partial charge in [-0.3, -0.25) is 9.89 Å². The summed E-state index contributed by atoms with van der Waals surface area (Å²) in [5.74, 6) is 0.130. The van der Waals surface area contributed by atoms with Crippen LogP contribution in [0.4, 0.5) is 4.39 Å². The number of amides is 1. The van der Waals surface area contributed by atoms with Crippen molar-refractivity contribution in [2.24, 2.45) is 0 Å². The maximum Gasteiger partial charge on any atom is 0.251 e. The number of benzene rings is 1. The zero-order chi connectivity index (χ0) is 15.2. The predicted molar refractivity (Wildman–Crippen MR) is 80.0 cm³/mol. The molecule has 0 aliphatic rings. The number of nitrogens with one attached hydrogen (secondary N) is 2. The van der Waals surface area contributed by atoms with Crippen molar-refractivity contribution >= 4 is 18.1 Å². The number of carbonyl (C=O) groups excluding carboxylic acids is 1. The Bertz CT molecular complexity index is 690. The summed E-state index contributed by atoms with van der Waals surface area (Å²) in [7, 11) is 0. The van der Waals surface area contributed by atoms with E-state index in [2.05, 4.69) is 22.1 Å². The lowest BCUT2D eigenvalue weighted by atomic mass is 10.2. The van der Waals surface area contributed by atoms with Crippen LogP contribution in [0.2, 0.25) is 0 Å². The summed E-state index contributed by atoms with van der Waals surface area (Å²) in [6, 6.07) is 5.39. The zero-order valence-corrected chi connectivity index (χ0v) is 12.1. The van der Waals surface area contributed by atoms with Crippen molar-refractivity contribution < 1.29 is 9.18 Å². The van der Waals surface area contributed by atoms with E-state index >= 15 is 0 Å². The van der Waals surface area contributed by atoms with Gasteiger partial charge in [-0.1, -0.05) is 6.08 Å². The first-order valence-electron chi connectivity index (χ1n) is 6.40. The molecule has 1 aromatic carbocycles. The molecule has 1 heterocycles. The fraction of sp³-hybridized carbons (Fsp3) is 0.214. The summed E-state index contributed by atoms with van der Waals surface area (Å²) in [6.07, 6.45) is 2.26. The van der Waals surface area contributed by atoms with Crippen LogP contribution >= 0.6 is 12.2 Å². The molecule has 2 N–H and O–H groups in total. The predicted octanol–water partition coefficient (Wildman–Crippen LogP) is 2.24. The van der Waals surface area contributed by atoms with Crippen LogP contribution in [0.5, 0.6) is 0 Å². The van der Waals surface area contributed by atoms with Crippen LogP contribution in [0, 0.1) is 10.6 Å². The van der Waals surface area contributed by atoms with Gasteiger partial charge in [-0.15, -0.1) is 6.58 Å². The third kappa shape index (κ3) is 3.85. The molecule has 0 unspecified atom stereocenters. The Labute approximate surface area is 126 Å². The molecule has 2 aromatic rings. The molecule has 0 saturated carbocycles. The van der Waals surface area contributed by atoms with E-state index in [1.807, 2.05) is 4.57 Å². The van der Waals surface area contributed by atoms with Gasteiger partial charge in [0.2, 0.25) is 0 Å². The molecule has 110 valence electrons. The minimum absolute atomic E-state index is 0.251. The Kier molecular flexibility index (Phi) is 4.99. The topological polar surface area (TPSA) is 62.7 Å². The number of nitrogens with zero attached hydrogens (tertiary/aromatic N) is 2. The van der Waals surface area contributed by atoms with E-state index in [0.717, 1.165) is 5.82 Å². The number of H-pyrrole nitrogens is 1. The van der Waals surface area contributed by atoms with E-state index in [4.69, 9.17) is 12.2 Å². The number of aromatic nitrogens is 3. The maximum atomic E-state index is 12.8. The molecule has 7 heteroatoms. The van der Waals surface area contributed by atoms with Crippen LogP contribution in [0.25, 0.3) is 0 Å². The first kappa shape index (κ1) is 15.1. The zero-order valence-electron chi connectivity index (χ0n) is 11.3. The molecular weight excluding hydrogens is 291 g/mol. The molecule has 0 saturated heterocycles. The van der Waals surface area contributed by atoms with E-state index in [0.29, 0.717) is 29.8 Å².